The van der Waals surface area contributed by atoms with E-state index >= 15 is 0 Å². The third-order valence-corrected chi connectivity index (χ3v) is 3.85. The Bertz CT molecular complexity index is 443. The fourth-order valence-corrected chi connectivity index (χ4v) is 2.77. The summed E-state index contributed by atoms with van der Waals surface area (Å²) < 4.78 is 5.52. The normalized spacial score (nSPS) is 27.6. The van der Waals surface area contributed by atoms with E-state index in [0.29, 0.717) is 11.1 Å². The van der Waals surface area contributed by atoms with E-state index in [1.54, 1.807) is 12.3 Å². The molecule has 0 aliphatic carbocycles. The SMILES string of the molecule is N#Cc1ccc(N2CCC3(CCOC3)C2)cn1. The van der Waals surface area contributed by atoms with Crippen LogP contribution in [0.2, 0.25) is 0 Å². The molecule has 0 saturated carbocycles. The molecule has 1 aromatic heterocycles. The van der Waals surface area contributed by atoms with Gasteiger partial charge < -0.3 is 9.64 Å². The van der Waals surface area contributed by atoms with Crippen LogP contribution in [-0.2, 0) is 4.74 Å². The average molecular weight is 229 g/mol. The first-order valence-electron chi connectivity index (χ1n) is 6.00. The van der Waals surface area contributed by atoms with Crippen molar-refractivity contribution in [3.63, 3.8) is 0 Å². The molecule has 1 aromatic rings. The van der Waals surface area contributed by atoms with Crippen molar-refractivity contribution in [2.24, 2.45) is 5.41 Å². The molecule has 2 fully saturated rings. The van der Waals surface area contributed by atoms with Crippen LogP contribution >= 0.6 is 0 Å². The molecule has 3 heterocycles. The van der Waals surface area contributed by atoms with Gasteiger partial charge in [0.05, 0.1) is 18.5 Å². The van der Waals surface area contributed by atoms with Crippen molar-refractivity contribution in [2.45, 2.75) is 12.8 Å². The van der Waals surface area contributed by atoms with Crippen molar-refractivity contribution in [2.75, 3.05) is 31.2 Å². The average Bonchev–Trinajstić information content (AvgIpc) is 3.01. The maximum atomic E-state index is 8.72. The fourth-order valence-electron chi connectivity index (χ4n) is 2.77. The molecule has 4 nitrogen and oxygen atoms in total. The molecule has 2 aliphatic rings. The van der Waals surface area contributed by atoms with Crippen LogP contribution in [0.3, 0.4) is 0 Å². The first-order valence-corrected chi connectivity index (χ1v) is 6.00. The minimum absolute atomic E-state index is 0.369. The Kier molecular flexibility index (Phi) is 2.49. The van der Waals surface area contributed by atoms with E-state index in [-0.39, 0.29) is 0 Å². The smallest absolute Gasteiger partial charge is 0.140 e. The monoisotopic (exact) mass is 229 g/mol. The highest BCUT2D eigenvalue weighted by molar-refractivity contribution is 5.47. The largest absolute Gasteiger partial charge is 0.381 e. The van der Waals surface area contributed by atoms with Crippen molar-refractivity contribution >= 4 is 5.69 Å². The molecule has 3 rings (SSSR count). The van der Waals surface area contributed by atoms with Gasteiger partial charge in [0.1, 0.15) is 11.8 Å². The minimum Gasteiger partial charge on any atom is -0.381 e. The maximum Gasteiger partial charge on any atom is 0.140 e. The van der Waals surface area contributed by atoms with Gasteiger partial charge in [-0.3, -0.25) is 0 Å². The van der Waals surface area contributed by atoms with Crippen molar-refractivity contribution in [1.82, 2.24) is 4.98 Å². The summed E-state index contributed by atoms with van der Waals surface area (Å²) in [6.45, 7) is 3.92. The van der Waals surface area contributed by atoms with Crippen molar-refractivity contribution in [3.8, 4) is 6.07 Å². The highest BCUT2D eigenvalue weighted by Crippen LogP contribution is 2.39. The molecule has 1 atom stereocenters. The van der Waals surface area contributed by atoms with E-state index in [2.05, 4.69) is 9.88 Å². The number of nitrogens with zero attached hydrogens (tertiary/aromatic N) is 3. The highest BCUT2D eigenvalue weighted by Gasteiger charge is 2.41. The van der Waals surface area contributed by atoms with E-state index < -0.39 is 0 Å². The van der Waals surface area contributed by atoms with Crippen LogP contribution in [0.15, 0.2) is 18.3 Å². The number of aromatic nitrogens is 1. The molecule has 0 amide bonds. The summed E-state index contributed by atoms with van der Waals surface area (Å²) in [7, 11) is 0. The molecule has 1 spiro atoms. The molecule has 4 heteroatoms. The molecule has 0 radical (unpaired) electrons. The number of nitriles is 1. The Labute approximate surface area is 101 Å². The molecule has 0 aromatic carbocycles. The van der Waals surface area contributed by atoms with Crippen molar-refractivity contribution < 1.29 is 4.74 Å². The first kappa shape index (κ1) is 10.5. The van der Waals surface area contributed by atoms with E-state index in [0.717, 1.165) is 32.0 Å². The summed E-state index contributed by atoms with van der Waals surface area (Å²) in [4.78, 5) is 6.47. The van der Waals surface area contributed by atoms with Gasteiger partial charge in [0.15, 0.2) is 0 Å². The van der Waals surface area contributed by atoms with E-state index in [4.69, 9.17) is 10.00 Å². The van der Waals surface area contributed by atoms with Crippen LogP contribution in [0.5, 0.6) is 0 Å². The molecule has 0 N–H and O–H groups in total. The summed E-state index contributed by atoms with van der Waals surface area (Å²) in [6, 6.07) is 5.81. The molecule has 88 valence electrons. The van der Waals surface area contributed by atoms with Gasteiger partial charge in [0.2, 0.25) is 0 Å². The lowest BCUT2D eigenvalue weighted by molar-refractivity contribution is 0.160. The summed E-state index contributed by atoms with van der Waals surface area (Å²) in [5, 5.41) is 8.72. The van der Waals surface area contributed by atoms with Gasteiger partial charge in [-0.25, -0.2) is 4.98 Å². The number of rotatable bonds is 1. The van der Waals surface area contributed by atoms with Gasteiger partial charge in [0, 0.05) is 25.1 Å². The van der Waals surface area contributed by atoms with Gasteiger partial charge in [-0.15, -0.1) is 0 Å². The summed E-state index contributed by atoms with van der Waals surface area (Å²) in [5.74, 6) is 0. The quantitative estimate of drug-likeness (QED) is 0.733. The number of ether oxygens (including phenoxy) is 1. The summed E-state index contributed by atoms with van der Waals surface area (Å²) in [5.41, 5.74) is 1.97. The molecular formula is C13H15N3O. The van der Waals surface area contributed by atoms with Gasteiger partial charge in [-0.1, -0.05) is 0 Å². The Morgan fingerprint density at radius 1 is 1.41 bits per heavy atom. The minimum atomic E-state index is 0.369. The number of hydrogen-bond donors (Lipinski definition) is 0. The van der Waals surface area contributed by atoms with E-state index in [9.17, 15) is 0 Å². The standard InChI is InChI=1S/C13H15N3O/c14-7-11-1-2-12(8-15-11)16-5-3-13(9-16)4-6-17-10-13/h1-2,8H,3-6,9-10H2. The van der Waals surface area contributed by atoms with Crippen molar-refractivity contribution in [1.29, 1.82) is 5.26 Å². The molecule has 17 heavy (non-hydrogen) atoms. The van der Waals surface area contributed by atoms with Crippen molar-refractivity contribution in [3.05, 3.63) is 24.0 Å². The van der Waals surface area contributed by atoms with Crippen LogP contribution in [0.25, 0.3) is 0 Å². The molecule has 2 aliphatic heterocycles. The van der Waals surface area contributed by atoms with Gasteiger partial charge >= 0.3 is 0 Å². The summed E-state index contributed by atoms with van der Waals surface area (Å²) in [6.07, 6.45) is 4.17. The Hall–Kier alpha value is -1.60. The predicted octanol–water partition coefficient (Wildman–Crippen LogP) is 1.57. The van der Waals surface area contributed by atoms with Crippen LogP contribution in [0, 0.1) is 16.7 Å². The van der Waals surface area contributed by atoms with Crippen LogP contribution in [0.1, 0.15) is 18.5 Å². The first-order chi connectivity index (χ1) is 8.31. The Morgan fingerprint density at radius 2 is 2.35 bits per heavy atom. The predicted molar refractivity (Wildman–Crippen MR) is 63.7 cm³/mol. The lowest BCUT2D eigenvalue weighted by atomic mass is 9.87. The molecular weight excluding hydrogens is 214 g/mol. The van der Waals surface area contributed by atoms with E-state index in [1.165, 1.54) is 12.8 Å². The molecule has 0 bridgehead atoms. The van der Waals surface area contributed by atoms with Crippen LogP contribution in [-0.4, -0.2) is 31.3 Å². The maximum absolute atomic E-state index is 8.72. The van der Waals surface area contributed by atoms with E-state index in [1.807, 2.05) is 12.1 Å². The molecule has 2 saturated heterocycles. The summed E-state index contributed by atoms with van der Waals surface area (Å²) >= 11 is 0. The van der Waals surface area contributed by atoms with Gasteiger partial charge in [-0.05, 0) is 25.0 Å². The Balaban J connectivity index is 1.75. The third-order valence-electron chi connectivity index (χ3n) is 3.85. The number of pyridine rings is 1. The van der Waals surface area contributed by atoms with Crippen LogP contribution in [0.4, 0.5) is 5.69 Å². The Morgan fingerprint density at radius 3 is 3.00 bits per heavy atom. The lowest BCUT2D eigenvalue weighted by Gasteiger charge is -2.23. The second kappa shape index (κ2) is 4.01. The zero-order valence-corrected chi connectivity index (χ0v) is 9.72. The zero-order chi connectivity index (χ0) is 11.7. The fraction of sp³-hybridized carbons (Fsp3) is 0.538. The van der Waals surface area contributed by atoms with Gasteiger partial charge in [0.25, 0.3) is 0 Å². The third kappa shape index (κ3) is 1.87. The highest BCUT2D eigenvalue weighted by atomic mass is 16.5. The number of hydrogen-bond acceptors (Lipinski definition) is 4. The van der Waals surface area contributed by atoms with Gasteiger partial charge in [-0.2, -0.15) is 5.26 Å². The molecule has 1 unspecified atom stereocenters. The lowest BCUT2D eigenvalue weighted by Crippen LogP contribution is -2.27. The topological polar surface area (TPSA) is 49.2 Å². The second-order valence-electron chi connectivity index (χ2n) is 4.99. The van der Waals surface area contributed by atoms with Crippen LogP contribution < -0.4 is 4.90 Å². The number of anilines is 1. The zero-order valence-electron chi connectivity index (χ0n) is 9.72. The second-order valence-corrected chi connectivity index (χ2v) is 4.99.